The Morgan fingerprint density at radius 1 is 1.00 bits per heavy atom. The van der Waals surface area contributed by atoms with Gasteiger partial charge in [-0.15, -0.1) is 0 Å². The Morgan fingerprint density at radius 2 is 1.66 bits per heavy atom. The van der Waals surface area contributed by atoms with Gasteiger partial charge in [0.15, 0.2) is 0 Å². The molecule has 1 atom stereocenters. The number of hydrogen-bond donors (Lipinski definition) is 1. The summed E-state index contributed by atoms with van der Waals surface area (Å²) in [5.74, 6) is 0.559. The SMILES string of the molecule is Cc1ccc(C(=O)NC(C)c2nc3ccccc3n2CC(=O)N(C(C)C)C(C)C)c(C)c1. The minimum absolute atomic E-state index is 0.0345. The average molecular weight is 435 g/mol. The number of fused-ring (bicyclic) bond motifs is 1. The van der Waals surface area contributed by atoms with Crippen molar-refractivity contribution in [1.29, 1.82) is 0 Å². The molecule has 1 heterocycles. The number of nitrogens with zero attached hydrogens (tertiary/aromatic N) is 3. The van der Waals surface area contributed by atoms with Crippen LogP contribution in [0.25, 0.3) is 11.0 Å². The highest BCUT2D eigenvalue weighted by molar-refractivity contribution is 5.96. The Kier molecular flexibility index (Phi) is 7.02. The third-order valence-electron chi connectivity index (χ3n) is 5.74. The molecule has 3 aromatic rings. The molecule has 6 nitrogen and oxygen atoms in total. The molecule has 2 amide bonds. The van der Waals surface area contributed by atoms with Gasteiger partial charge in [-0.1, -0.05) is 29.8 Å². The Bertz CT molecular complexity index is 1120. The van der Waals surface area contributed by atoms with Crippen LogP contribution in [-0.2, 0) is 11.3 Å². The summed E-state index contributed by atoms with van der Waals surface area (Å²) in [5.41, 5.74) is 4.39. The zero-order valence-electron chi connectivity index (χ0n) is 20.1. The van der Waals surface area contributed by atoms with Gasteiger partial charge in [-0.25, -0.2) is 4.98 Å². The van der Waals surface area contributed by atoms with Gasteiger partial charge < -0.3 is 14.8 Å². The standard InChI is InChI=1S/C26H34N4O2/c1-16(2)30(17(3)4)24(31)15-29-23-11-9-8-10-22(23)28-25(29)20(7)27-26(32)21-13-12-18(5)14-19(21)6/h8-14,16-17,20H,15H2,1-7H3,(H,27,32). The first-order valence-electron chi connectivity index (χ1n) is 11.2. The second kappa shape index (κ2) is 9.55. The zero-order chi connectivity index (χ0) is 23.6. The van der Waals surface area contributed by atoms with E-state index in [2.05, 4.69) is 5.32 Å². The summed E-state index contributed by atoms with van der Waals surface area (Å²) >= 11 is 0. The Hall–Kier alpha value is -3.15. The number of aromatic nitrogens is 2. The van der Waals surface area contributed by atoms with Gasteiger partial charge in [0.05, 0.1) is 17.1 Å². The van der Waals surface area contributed by atoms with Crippen molar-refractivity contribution in [2.45, 2.75) is 73.1 Å². The van der Waals surface area contributed by atoms with E-state index in [1.54, 1.807) is 0 Å². The maximum absolute atomic E-state index is 13.2. The van der Waals surface area contributed by atoms with E-state index in [0.717, 1.165) is 22.2 Å². The van der Waals surface area contributed by atoms with Crippen molar-refractivity contribution in [3.05, 3.63) is 65.0 Å². The van der Waals surface area contributed by atoms with Crippen LogP contribution in [0.3, 0.4) is 0 Å². The predicted octanol–water partition coefficient (Wildman–Crippen LogP) is 4.79. The maximum Gasteiger partial charge on any atom is 0.252 e. The van der Waals surface area contributed by atoms with Gasteiger partial charge in [0.25, 0.3) is 5.91 Å². The van der Waals surface area contributed by atoms with Crippen molar-refractivity contribution in [2.24, 2.45) is 0 Å². The van der Waals surface area contributed by atoms with E-state index in [1.807, 2.05) is 100 Å². The summed E-state index contributed by atoms with van der Waals surface area (Å²) in [6.07, 6.45) is 0. The molecule has 1 unspecified atom stereocenters. The first kappa shape index (κ1) is 23.5. The summed E-state index contributed by atoms with van der Waals surface area (Å²) in [7, 11) is 0. The van der Waals surface area contributed by atoms with Gasteiger partial charge in [0.2, 0.25) is 5.91 Å². The van der Waals surface area contributed by atoms with E-state index in [1.165, 1.54) is 0 Å². The van der Waals surface area contributed by atoms with E-state index in [9.17, 15) is 9.59 Å². The fourth-order valence-electron chi connectivity index (χ4n) is 4.39. The lowest BCUT2D eigenvalue weighted by atomic mass is 10.0. The number of aryl methyl sites for hydroxylation is 2. The third-order valence-corrected chi connectivity index (χ3v) is 5.74. The van der Waals surface area contributed by atoms with Gasteiger partial charge >= 0.3 is 0 Å². The maximum atomic E-state index is 13.2. The van der Waals surface area contributed by atoms with Gasteiger partial charge in [-0.2, -0.15) is 0 Å². The molecule has 0 saturated heterocycles. The molecule has 1 aromatic heterocycles. The van der Waals surface area contributed by atoms with Crippen LogP contribution in [0.1, 0.15) is 68.0 Å². The van der Waals surface area contributed by atoms with Crippen molar-refractivity contribution < 1.29 is 9.59 Å². The van der Waals surface area contributed by atoms with Crippen LogP contribution in [0.15, 0.2) is 42.5 Å². The Labute approximate surface area is 190 Å². The van der Waals surface area contributed by atoms with Crippen molar-refractivity contribution in [2.75, 3.05) is 0 Å². The molecule has 0 aliphatic rings. The van der Waals surface area contributed by atoms with Crippen LogP contribution in [0, 0.1) is 13.8 Å². The summed E-state index contributed by atoms with van der Waals surface area (Å²) in [4.78, 5) is 32.9. The van der Waals surface area contributed by atoms with Crippen molar-refractivity contribution in [3.8, 4) is 0 Å². The largest absolute Gasteiger partial charge is 0.342 e. The fraction of sp³-hybridized carbons (Fsp3) is 0.423. The van der Waals surface area contributed by atoms with Crippen LogP contribution < -0.4 is 5.32 Å². The van der Waals surface area contributed by atoms with Crippen molar-refractivity contribution in [1.82, 2.24) is 19.8 Å². The molecule has 32 heavy (non-hydrogen) atoms. The minimum atomic E-state index is -0.366. The molecule has 0 aliphatic heterocycles. The molecule has 0 fully saturated rings. The van der Waals surface area contributed by atoms with E-state index in [0.29, 0.717) is 11.4 Å². The molecule has 3 rings (SSSR count). The molecule has 0 aliphatic carbocycles. The predicted molar refractivity (Wildman–Crippen MR) is 129 cm³/mol. The molecule has 170 valence electrons. The minimum Gasteiger partial charge on any atom is -0.342 e. The first-order chi connectivity index (χ1) is 15.1. The number of carbonyl (C=O) groups is 2. The molecule has 0 bridgehead atoms. The molecule has 0 radical (unpaired) electrons. The highest BCUT2D eigenvalue weighted by Gasteiger charge is 2.25. The highest BCUT2D eigenvalue weighted by Crippen LogP contribution is 2.22. The quantitative estimate of drug-likeness (QED) is 0.581. The number of nitrogens with one attached hydrogen (secondary N) is 1. The lowest BCUT2D eigenvalue weighted by Gasteiger charge is -2.31. The van der Waals surface area contributed by atoms with E-state index >= 15 is 0 Å². The first-order valence-corrected chi connectivity index (χ1v) is 11.2. The summed E-state index contributed by atoms with van der Waals surface area (Å²) in [6, 6.07) is 13.4. The molecule has 1 N–H and O–H groups in total. The third kappa shape index (κ3) is 4.85. The van der Waals surface area contributed by atoms with E-state index in [-0.39, 0.29) is 36.5 Å². The summed E-state index contributed by atoms with van der Waals surface area (Å²) < 4.78 is 1.93. The molecule has 0 saturated carbocycles. The van der Waals surface area contributed by atoms with Crippen LogP contribution in [0.4, 0.5) is 0 Å². The molecular weight excluding hydrogens is 400 g/mol. The second-order valence-electron chi connectivity index (χ2n) is 9.05. The normalized spacial score (nSPS) is 12.4. The molecule has 0 spiro atoms. The van der Waals surface area contributed by atoms with Gasteiger partial charge in [-0.3, -0.25) is 9.59 Å². The number of amides is 2. The van der Waals surface area contributed by atoms with Crippen LogP contribution >= 0.6 is 0 Å². The number of imidazole rings is 1. The summed E-state index contributed by atoms with van der Waals surface area (Å²) in [5, 5.41) is 3.07. The van der Waals surface area contributed by atoms with Crippen molar-refractivity contribution >= 4 is 22.8 Å². The number of para-hydroxylation sites is 2. The lowest BCUT2D eigenvalue weighted by Crippen LogP contribution is -2.44. The molecule has 2 aromatic carbocycles. The van der Waals surface area contributed by atoms with Crippen LogP contribution in [0.5, 0.6) is 0 Å². The zero-order valence-corrected chi connectivity index (χ0v) is 20.1. The van der Waals surface area contributed by atoms with Gasteiger partial charge in [-0.05, 0) is 72.2 Å². The topological polar surface area (TPSA) is 67.2 Å². The molecular formula is C26H34N4O2. The Balaban J connectivity index is 1.94. The average Bonchev–Trinajstić information content (AvgIpc) is 3.06. The number of rotatable bonds is 7. The monoisotopic (exact) mass is 434 g/mol. The van der Waals surface area contributed by atoms with Crippen LogP contribution in [0.2, 0.25) is 0 Å². The van der Waals surface area contributed by atoms with Gasteiger partial charge in [0, 0.05) is 17.6 Å². The second-order valence-corrected chi connectivity index (χ2v) is 9.05. The fourth-order valence-corrected chi connectivity index (χ4v) is 4.39. The Morgan fingerprint density at radius 3 is 2.28 bits per heavy atom. The highest BCUT2D eigenvalue weighted by atomic mass is 16.2. The number of hydrogen-bond acceptors (Lipinski definition) is 3. The lowest BCUT2D eigenvalue weighted by molar-refractivity contribution is -0.135. The number of carbonyl (C=O) groups excluding carboxylic acids is 2. The van der Waals surface area contributed by atoms with Crippen LogP contribution in [-0.4, -0.2) is 38.3 Å². The number of benzene rings is 2. The van der Waals surface area contributed by atoms with Crippen molar-refractivity contribution in [3.63, 3.8) is 0 Å². The molecule has 6 heteroatoms. The van der Waals surface area contributed by atoms with E-state index in [4.69, 9.17) is 4.98 Å². The smallest absolute Gasteiger partial charge is 0.252 e. The van der Waals surface area contributed by atoms with Gasteiger partial charge in [0.1, 0.15) is 12.4 Å². The summed E-state index contributed by atoms with van der Waals surface area (Å²) in [6.45, 7) is 14.1. The van der Waals surface area contributed by atoms with E-state index < -0.39 is 0 Å².